The Kier molecular flexibility index (Phi) is 32.9. The van der Waals surface area contributed by atoms with Crippen LogP contribution in [0.5, 0.6) is 0 Å². The molecule has 2 aliphatic carbocycles. The van der Waals surface area contributed by atoms with E-state index in [4.69, 9.17) is 22.4 Å². The van der Waals surface area contributed by atoms with E-state index in [0.717, 1.165) is 0 Å². The monoisotopic (exact) mass is 1290 g/mol. The highest BCUT2D eigenvalue weighted by molar-refractivity contribution is 9.13. The molecule has 32 heteroatoms. The second-order valence-electron chi connectivity index (χ2n) is 7.52. The molecule has 260 valence electrons. The van der Waals surface area contributed by atoms with Crippen molar-refractivity contribution in [3.05, 3.63) is 32.2 Å². The summed E-state index contributed by atoms with van der Waals surface area (Å²) >= 11 is 16.8. The van der Waals surface area contributed by atoms with Gasteiger partial charge in [0, 0.05) is 280 Å². The lowest BCUT2D eigenvalue weighted by atomic mass is 9.78. The maximum atomic E-state index is 4.79. The summed E-state index contributed by atoms with van der Waals surface area (Å²) in [6.07, 6.45) is 4.04. The predicted molar refractivity (Wildman–Crippen MR) is 291 cm³/mol. The second kappa shape index (κ2) is 30.9. The lowest BCUT2D eigenvalue weighted by Gasteiger charge is -2.27. The molecular weight excluding hydrogens is 1280 g/mol. The molecule has 2 unspecified atom stereocenters. The lowest BCUT2D eigenvalue weighted by molar-refractivity contribution is 0.484. The number of halogens is 2. The molecule has 0 nitrogen and oxygen atoms in total. The maximum Gasteiger partial charge on any atom is 0.0320 e. The first kappa shape index (κ1) is 47.9. The number of fused-ring (bicyclic) bond motifs is 5. The molecule has 2 atom stereocenters. The quantitative estimate of drug-likeness (QED) is 0.365. The molecule has 0 saturated heterocycles. The normalized spacial score (nSPS) is 17.4. The third kappa shape index (κ3) is 21.6. The summed E-state index contributed by atoms with van der Waals surface area (Å²) < 4.78 is 2.39. The van der Waals surface area contributed by atoms with Crippen LogP contribution in [0.2, 0.25) is 0 Å². The molecule has 0 aromatic heterocycles. The predicted octanol–water partition coefficient (Wildman–Crippen LogP) is 4.85. The van der Waals surface area contributed by atoms with Gasteiger partial charge in [-0.05, 0) is 85.2 Å². The standard InChI is InChI=1S/C13H14Br2.S30/c1-12-3-4-13(2,7-12)9-6-11(15)10(14)5-8(9)12;1-3-5-7-9-11-13-15-17-19-21-23-25-27-29-30-28-26-24-22-20-18-16-14-12-10-8-6-4-2/h5-6H,3-4,7H2,1-2H3;. The average molecular weight is 1290 g/mol. The minimum absolute atomic E-state index is 0.438. The van der Waals surface area contributed by atoms with Crippen molar-refractivity contribution in [1.29, 1.82) is 0 Å². The zero-order valence-corrected chi connectivity index (χ0v) is 48.9. The first-order valence-corrected chi connectivity index (χ1v) is 50.5. The van der Waals surface area contributed by atoms with E-state index < -0.39 is 0 Å². The number of hydrogen-bond acceptors (Lipinski definition) is 2. The molecule has 0 aliphatic heterocycles. The minimum atomic E-state index is 0.438. The van der Waals surface area contributed by atoms with Crippen LogP contribution >= 0.6 is 31.9 Å². The summed E-state index contributed by atoms with van der Waals surface area (Å²) in [5.41, 5.74) is 4.03. The minimum Gasteiger partial charge on any atom is -0.0555 e. The summed E-state index contributed by atoms with van der Waals surface area (Å²) in [7, 11) is 49.1. The smallest absolute Gasteiger partial charge is 0.0320 e. The van der Waals surface area contributed by atoms with Crippen LogP contribution in [0.3, 0.4) is 0 Å². The Morgan fingerprint density at radius 3 is 0.822 bits per heavy atom. The highest BCUT2D eigenvalue weighted by atomic mass is 79.9. The second-order valence-corrected chi connectivity index (χ2v) is 58.8. The number of rotatable bonds is 0. The summed E-state index contributed by atoms with van der Waals surface area (Å²) in [6.45, 7) is 4.84. The van der Waals surface area contributed by atoms with Crippen molar-refractivity contribution in [3.8, 4) is 0 Å². The fraction of sp³-hybridized carbons (Fsp3) is 0.538. The van der Waals surface area contributed by atoms with Gasteiger partial charge in [0.2, 0.25) is 0 Å². The van der Waals surface area contributed by atoms with E-state index in [-0.39, 0.29) is 0 Å². The number of hydrogen-bond donors (Lipinski definition) is 0. The van der Waals surface area contributed by atoms with Crippen LogP contribution in [-0.2, 0) is 282 Å². The summed E-state index contributed by atoms with van der Waals surface area (Å²) in [6, 6.07) is 4.65. The summed E-state index contributed by atoms with van der Waals surface area (Å²) in [5.74, 6) is 0. The van der Waals surface area contributed by atoms with E-state index >= 15 is 0 Å². The Morgan fingerprint density at radius 1 is 0.422 bits per heavy atom. The van der Waals surface area contributed by atoms with E-state index in [1.807, 2.05) is 107 Å². The van der Waals surface area contributed by atoms with Crippen molar-refractivity contribution in [3.63, 3.8) is 0 Å². The SMILES string of the molecule is CC12CCC(C)(C1)c1cc(Br)c(Br)cc12.S=S=S=S=S=S=S=S=S=S=S=S=S=S=S=S=S=S=S=S=S=S=S=S=S=S=S=S=S=S. The molecule has 2 bridgehead atoms. The molecule has 3 rings (SSSR count). The first-order valence-electron chi connectivity index (χ1n) is 10.3. The van der Waals surface area contributed by atoms with Crippen LogP contribution in [0.15, 0.2) is 21.1 Å². The first-order chi connectivity index (χ1) is 21.9. The van der Waals surface area contributed by atoms with E-state index in [2.05, 4.69) is 57.8 Å². The Bertz CT molecular complexity index is 2390. The molecule has 1 fully saturated rings. The summed E-state index contributed by atoms with van der Waals surface area (Å²) in [5, 5.41) is 0. The van der Waals surface area contributed by atoms with Gasteiger partial charge in [-0.1, -0.05) is 13.8 Å². The molecule has 0 N–H and O–H groups in total. The van der Waals surface area contributed by atoms with Gasteiger partial charge >= 0.3 is 0 Å². The molecular formula is C13H14Br2S30. The van der Waals surface area contributed by atoms with E-state index in [1.165, 1.54) is 46.0 Å². The van der Waals surface area contributed by atoms with Gasteiger partial charge in [0.1, 0.15) is 0 Å². The van der Waals surface area contributed by atoms with Gasteiger partial charge in [-0.3, -0.25) is 0 Å². The van der Waals surface area contributed by atoms with Crippen LogP contribution in [0.25, 0.3) is 0 Å². The Labute approximate surface area is 370 Å². The molecule has 1 aromatic rings. The van der Waals surface area contributed by atoms with Gasteiger partial charge in [-0.15, -0.1) is 0 Å². The van der Waals surface area contributed by atoms with Gasteiger partial charge in [-0.25, -0.2) is 0 Å². The molecule has 1 aromatic carbocycles. The maximum absolute atomic E-state index is 4.79. The zero-order chi connectivity index (χ0) is 32.6. The molecule has 0 heterocycles. The Hall–Kier alpha value is 6.78. The van der Waals surface area contributed by atoms with Crippen molar-refractivity contribution < 1.29 is 0 Å². The zero-order valence-electron chi connectivity index (χ0n) is 21.3. The molecule has 0 radical (unpaired) electrons. The van der Waals surface area contributed by atoms with E-state index in [1.54, 1.807) is 135 Å². The van der Waals surface area contributed by atoms with Crippen molar-refractivity contribution in [1.82, 2.24) is 0 Å². The van der Waals surface area contributed by atoms with Crippen LogP contribution < -0.4 is 0 Å². The summed E-state index contributed by atoms with van der Waals surface area (Å²) in [4.78, 5) is 0. The van der Waals surface area contributed by atoms with Gasteiger partial charge in [0.15, 0.2) is 0 Å². The van der Waals surface area contributed by atoms with Crippen LogP contribution in [0.4, 0.5) is 0 Å². The Morgan fingerprint density at radius 2 is 0.622 bits per heavy atom. The highest BCUT2D eigenvalue weighted by Crippen LogP contribution is 2.61. The van der Waals surface area contributed by atoms with Gasteiger partial charge in [0.05, 0.1) is 0 Å². The Balaban J connectivity index is 0.000000383. The number of benzene rings is 1. The molecule has 45 heavy (non-hydrogen) atoms. The fourth-order valence-electron chi connectivity index (χ4n) is 3.89. The molecule has 0 amide bonds. The highest BCUT2D eigenvalue weighted by Gasteiger charge is 2.52. The van der Waals surface area contributed by atoms with Crippen molar-refractivity contribution in [2.45, 2.75) is 43.9 Å². The van der Waals surface area contributed by atoms with Crippen molar-refractivity contribution >= 4 is 303 Å². The topological polar surface area (TPSA) is 0 Å². The lowest BCUT2D eigenvalue weighted by Crippen LogP contribution is -2.17. The largest absolute Gasteiger partial charge is 0.0555 e. The molecule has 0 spiro atoms. The van der Waals surface area contributed by atoms with E-state index in [9.17, 15) is 0 Å². The van der Waals surface area contributed by atoms with Crippen molar-refractivity contribution in [2.24, 2.45) is 0 Å². The third-order valence-electron chi connectivity index (χ3n) is 5.12. The third-order valence-corrected chi connectivity index (χ3v) is 67.0. The van der Waals surface area contributed by atoms with Gasteiger partial charge in [-0.2, -0.15) is 0 Å². The van der Waals surface area contributed by atoms with E-state index in [0.29, 0.717) is 10.8 Å². The fourth-order valence-corrected chi connectivity index (χ4v) is 75.9. The van der Waals surface area contributed by atoms with Gasteiger partial charge in [0.25, 0.3) is 0 Å². The van der Waals surface area contributed by atoms with Crippen LogP contribution in [0, 0.1) is 0 Å². The molecule has 2 aliphatic rings. The average Bonchev–Trinajstić information content (AvgIpc) is 3.46. The van der Waals surface area contributed by atoms with Gasteiger partial charge < -0.3 is 0 Å². The van der Waals surface area contributed by atoms with Crippen molar-refractivity contribution in [2.75, 3.05) is 0 Å². The van der Waals surface area contributed by atoms with Crippen LogP contribution in [-0.4, -0.2) is 0 Å². The van der Waals surface area contributed by atoms with Crippen LogP contribution in [0.1, 0.15) is 44.2 Å². The molecule has 1 saturated carbocycles.